The average Bonchev–Trinajstić information content (AvgIpc) is 3.65. The summed E-state index contributed by atoms with van der Waals surface area (Å²) in [6.07, 6.45) is 11.1. The second-order valence-corrected chi connectivity index (χ2v) is 14.6. The minimum Gasteiger partial charge on any atom is -0.376 e. The highest BCUT2D eigenvalue weighted by molar-refractivity contribution is 7.92. The molecule has 10 heteroatoms. The van der Waals surface area contributed by atoms with Crippen molar-refractivity contribution in [1.29, 1.82) is 0 Å². The molecule has 2 saturated carbocycles. The molecule has 1 aliphatic heterocycles. The lowest BCUT2D eigenvalue weighted by atomic mass is 9.82. The second-order valence-electron chi connectivity index (χ2n) is 12.5. The quantitative estimate of drug-likeness (QED) is 0.188. The van der Waals surface area contributed by atoms with Crippen molar-refractivity contribution in [3.63, 3.8) is 0 Å². The van der Waals surface area contributed by atoms with E-state index in [1.165, 1.54) is 12.8 Å². The van der Waals surface area contributed by atoms with Crippen LogP contribution in [0.4, 0.5) is 5.82 Å². The molecule has 0 atom stereocenters. The monoisotopic (exact) mass is 649 g/mol. The van der Waals surface area contributed by atoms with Crippen molar-refractivity contribution in [2.24, 2.45) is 11.3 Å². The largest absolute Gasteiger partial charge is 0.376 e. The molecule has 238 valence electrons. The molecule has 6 rings (SSSR count). The number of benzene rings is 2. The van der Waals surface area contributed by atoms with E-state index in [1.54, 1.807) is 25.1 Å². The van der Waals surface area contributed by atoms with E-state index in [1.807, 2.05) is 29.2 Å². The number of hydrogen-bond acceptors (Lipinski definition) is 6. The third kappa shape index (κ3) is 6.77. The van der Waals surface area contributed by atoms with Gasteiger partial charge in [0.05, 0.1) is 29.2 Å². The van der Waals surface area contributed by atoms with Gasteiger partial charge in [0.25, 0.3) is 10.0 Å². The Balaban J connectivity index is 1.35. The van der Waals surface area contributed by atoms with Gasteiger partial charge in [-0.05, 0) is 80.2 Å². The van der Waals surface area contributed by atoms with Gasteiger partial charge in [-0.25, -0.2) is 8.42 Å². The first kappa shape index (κ1) is 31.6. The molecule has 2 aromatic carbocycles. The van der Waals surface area contributed by atoms with Gasteiger partial charge >= 0.3 is 0 Å². The van der Waals surface area contributed by atoms with Gasteiger partial charge in [0.15, 0.2) is 5.76 Å². The number of ether oxygens (including phenoxy) is 1. The van der Waals surface area contributed by atoms with Crippen LogP contribution in [0.2, 0.25) is 5.02 Å². The fourth-order valence-electron chi connectivity index (χ4n) is 6.30. The molecule has 1 spiro atoms. The number of unbranched alkanes of at least 4 members (excludes halogenated alkanes) is 1. The maximum atomic E-state index is 14.0. The molecule has 0 saturated heterocycles. The Labute approximate surface area is 270 Å². The van der Waals surface area contributed by atoms with Crippen LogP contribution in [0.25, 0.3) is 11.1 Å². The smallest absolute Gasteiger partial charge is 0.263 e. The molecule has 45 heavy (non-hydrogen) atoms. The Bertz CT molecular complexity index is 1750. The molecule has 2 aliphatic carbocycles. The summed E-state index contributed by atoms with van der Waals surface area (Å²) >= 11 is 6.22. The van der Waals surface area contributed by atoms with Gasteiger partial charge in [-0.15, -0.1) is 5.73 Å². The first-order valence-corrected chi connectivity index (χ1v) is 17.8. The Hall–Kier alpha value is -3.36. The summed E-state index contributed by atoms with van der Waals surface area (Å²) in [5, 5.41) is 3.89. The van der Waals surface area contributed by atoms with Gasteiger partial charge in [0.2, 0.25) is 11.7 Å². The number of nitrogens with zero attached hydrogens (tertiary/aromatic N) is 2. The lowest BCUT2D eigenvalue weighted by Crippen LogP contribution is -2.42. The van der Waals surface area contributed by atoms with Crippen LogP contribution >= 0.6 is 11.6 Å². The van der Waals surface area contributed by atoms with E-state index in [2.05, 4.69) is 28.6 Å². The van der Waals surface area contributed by atoms with E-state index in [4.69, 9.17) is 20.9 Å². The first-order valence-electron chi connectivity index (χ1n) is 15.9. The minimum absolute atomic E-state index is 0.0560. The zero-order valence-electron chi connectivity index (χ0n) is 25.9. The number of carbonyl (C=O) groups excluding carboxylic acids is 1. The molecule has 0 unspecified atom stereocenters. The lowest BCUT2D eigenvalue weighted by molar-refractivity contribution is -0.138. The third-order valence-electron chi connectivity index (χ3n) is 9.08. The number of sulfonamides is 1. The van der Waals surface area contributed by atoms with Crippen molar-refractivity contribution in [3.8, 4) is 11.1 Å². The zero-order valence-corrected chi connectivity index (χ0v) is 27.5. The number of rotatable bonds is 13. The molecule has 1 amide bonds. The molecular weight excluding hydrogens is 610 g/mol. The normalized spacial score (nSPS) is 17.7. The fraction of sp³-hybridized carbons (Fsp3) is 0.457. The highest BCUT2D eigenvalue weighted by atomic mass is 35.5. The van der Waals surface area contributed by atoms with Crippen LogP contribution in [-0.4, -0.2) is 31.0 Å². The fourth-order valence-corrected chi connectivity index (χ4v) is 7.70. The summed E-state index contributed by atoms with van der Waals surface area (Å²) in [6, 6.07) is 12.8. The maximum absolute atomic E-state index is 14.0. The molecule has 3 aliphatic rings. The van der Waals surface area contributed by atoms with Crippen LogP contribution in [0.5, 0.6) is 0 Å². The SMILES string of the molecule is CCCCC1=C=CC2(CCCC2)C(=O)N1Cc1ccc(-c2ccccc2S(=O)(=O)Nc2noc(C)c2Cl)c(COCC2CC2)c1. The van der Waals surface area contributed by atoms with E-state index in [0.29, 0.717) is 37.0 Å². The van der Waals surface area contributed by atoms with Crippen molar-refractivity contribution in [2.45, 2.75) is 89.7 Å². The summed E-state index contributed by atoms with van der Waals surface area (Å²) in [4.78, 5) is 16.0. The standard InChI is InChI=1S/C35H40ClN3O5S/c1-3-4-9-28-16-19-35(17-7-8-18-35)34(40)39(28)21-26-14-15-29(27(20-26)23-43-22-25-12-13-25)30-10-5-6-11-31(30)45(41,42)38-33-32(36)24(2)44-37-33/h5-6,10-11,14-15,19-20,25H,3-4,7-9,12-13,17-18,21-23H2,1-2H3,(H,37,38). The minimum atomic E-state index is -4.08. The Kier molecular flexibility index (Phi) is 9.25. The number of anilines is 1. The van der Waals surface area contributed by atoms with E-state index < -0.39 is 15.4 Å². The summed E-state index contributed by atoms with van der Waals surface area (Å²) in [5.41, 5.74) is 7.12. The predicted molar refractivity (Wildman–Crippen MR) is 174 cm³/mol. The van der Waals surface area contributed by atoms with Gasteiger partial charge in [-0.1, -0.05) is 79.3 Å². The van der Waals surface area contributed by atoms with Gasteiger partial charge in [0, 0.05) is 12.2 Å². The van der Waals surface area contributed by atoms with Crippen LogP contribution in [0, 0.1) is 18.3 Å². The zero-order chi connectivity index (χ0) is 31.6. The highest BCUT2D eigenvalue weighted by Gasteiger charge is 2.44. The highest BCUT2D eigenvalue weighted by Crippen LogP contribution is 2.44. The molecule has 2 heterocycles. The van der Waals surface area contributed by atoms with Crippen molar-refractivity contribution in [2.75, 3.05) is 11.3 Å². The van der Waals surface area contributed by atoms with Crippen molar-refractivity contribution >= 4 is 33.3 Å². The average molecular weight is 650 g/mol. The predicted octanol–water partition coefficient (Wildman–Crippen LogP) is 8.16. The van der Waals surface area contributed by atoms with Crippen molar-refractivity contribution < 1.29 is 22.5 Å². The maximum Gasteiger partial charge on any atom is 0.263 e. The number of aryl methyl sites for hydroxylation is 1. The summed E-state index contributed by atoms with van der Waals surface area (Å²) in [5.74, 6) is 1.02. The number of carbonyl (C=O) groups is 1. The second kappa shape index (κ2) is 13.2. The summed E-state index contributed by atoms with van der Waals surface area (Å²) < 4.78 is 41.0. The van der Waals surface area contributed by atoms with Gasteiger partial charge < -0.3 is 14.2 Å². The van der Waals surface area contributed by atoms with Gasteiger partial charge in [-0.3, -0.25) is 9.52 Å². The Morgan fingerprint density at radius 1 is 1.16 bits per heavy atom. The van der Waals surface area contributed by atoms with Crippen LogP contribution < -0.4 is 4.72 Å². The van der Waals surface area contributed by atoms with Gasteiger partial charge in [-0.2, -0.15) is 0 Å². The molecule has 1 N–H and O–H groups in total. The Morgan fingerprint density at radius 3 is 2.64 bits per heavy atom. The molecule has 1 aromatic heterocycles. The van der Waals surface area contributed by atoms with Crippen LogP contribution in [0.15, 0.2) is 69.4 Å². The van der Waals surface area contributed by atoms with Gasteiger partial charge in [0.1, 0.15) is 5.02 Å². The topological polar surface area (TPSA) is 102 Å². The first-order chi connectivity index (χ1) is 21.7. The third-order valence-corrected chi connectivity index (χ3v) is 10.9. The molecule has 0 radical (unpaired) electrons. The molecule has 0 bridgehead atoms. The lowest BCUT2D eigenvalue weighted by Gasteiger charge is -2.36. The number of hydrogen-bond donors (Lipinski definition) is 1. The molecular formula is C35H40ClN3O5S. The summed E-state index contributed by atoms with van der Waals surface area (Å²) in [6.45, 7) is 5.19. The molecule has 2 fully saturated rings. The summed E-state index contributed by atoms with van der Waals surface area (Å²) in [7, 11) is -4.08. The molecule has 3 aromatic rings. The van der Waals surface area contributed by atoms with E-state index in [0.717, 1.165) is 67.3 Å². The van der Waals surface area contributed by atoms with Crippen LogP contribution in [-0.2, 0) is 32.7 Å². The number of amides is 1. The van der Waals surface area contributed by atoms with E-state index in [9.17, 15) is 13.2 Å². The van der Waals surface area contributed by atoms with Crippen LogP contribution in [0.1, 0.15) is 81.6 Å². The van der Waals surface area contributed by atoms with Crippen LogP contribution in [0.3, 0.4) is 0 Å². The molecule has 8 nitrogen and oxygen atoms in total. The van der Waals surface area contributed by atoms with E-state index >= 15 is 0 Å². The number of halogens is 1. The van der Waals surface area contributed by atoms with E-state index in [-0.39, 0.29) is 21.6 Å². The van der Waals surface area contributed by atoms with Crippen molar-refractivity contribution in [1.82, 2.24) is 10.1 Å². The Morgan fingerprint density at radius 2 is 1.93 bits per heavy atom. The van der Waals surface area contributed by atoms with Crippen molar-refractivity contribution in [3.05, 3.63) is 81.9 Å². The number of aromatic nitrogens is 1. The number of nitrogens with one attached hydrogen (secondary N) is 1.